The Balaban J connectivity index is 3.46. The van der Waals surface area contributed by atoms with Crippen LogP contribution < -0.4 is 11.5 Å². The SMILES string of the molecule is Nc1c(Br)cc(Br)c(Br)c1N. The molecule has 0 unspecified atom stereocenters. The van der Waals surface area contributed by atoms with Gasteiger partial charge in [0.25, 0.3) is 0 Å². The van der Waals surface area contributed by atoms with Crippen molar-refractivity contribution in [3.8, 4) is 0 Å². The summed E-state index contributed by atoms with van der Waals surface area (Å²) in [7, 11) is 0. The summed E-state index contributed by atoms with van der Waals surface area (Å²) in [5, 5.41) is 0. The summed E-state index contributed by atoms with van der Waals surface area (Å²) < 4.78 is 2.47. The molecule has 5 heteroatoms. The average Bonchev–Trinajstić information content (AvgIpc) is 1.97. The van der Waals surface area contributed by atoms with Crippen molar-refractivity contribution in [3.63, 3.8) is 0 Å². The molecule has 2 nitrogen and oxygen atoms in total. The molecule has 0 bridgehead atoms. The molecular formula is C6H5Br3N2. The van der Waals surface area contributed by atoms with Gasteiger partial charge in [0.2, 0.25) is 0 Å². The molecular weight excluding hydrogens is 340 g/mol. The molecule has 0 aliphatic carbocycles. The van der Waals surface area contributed by atoms with E-state index in [0.29, 0.717) is 11.4 Å². The predicted molar refractivity (Wildman–Crippen MR) is 58.4 cm³/mol. The van der Waals surface area contributed by atoms with Gasteiger partial charge in [0, 0.05) is 8.95 Å². The van der Waals surface area contributed by atoms with Gasteiger partial charge < -0.3 is 11.5 Å². The van der Waals surface area contributed by atoms with Crippen molar-refractivity contribution in [1.29, 1.82) is 0 Å². The minimum atomic E-state index is 0.547. The van der Waals surface area contributed by atoms with Crippen LogP contribution in [0.15, 0.2) is 19.5 Å². The molecule has 0 aliphatic rings. The van der Waals surface area contributed by atoms with Crippen LogP contribution in [-0.4, -0.2) is 0 Å². The summed E-state index contributed by atoms with van der Waals surface area (Å²) in [6.45, 7) is 0. The number of anilines is 2. The first-order valence-corrected chi connectivity index (χ1v) is 5.10. The summed E-state index contributed by atoms with van der Waals surface area (Å²) in [6.07, 6.45) is 0. The van der Waals surface area contributed by atoms with Gasteiger partial charge >= 0.3 is 0 Å². The first-order valence-electron chi connectivity index (χ1n) is 2.72. The Morgan fingerprint density at radius 2 is 1.45 bits per heavy atom. The maximum atomic E-state index is 5.65. The van der Waals surface area contributed by atoms with Gasteiger partial charge in [0.1, 0.15) is 0 Å². The molecule has 0 heterocycles. The van der Waals surface area contributed by atoms with Crippen LogP contribution in [0.2, 0.25) is 0 Å². The van der Waals surface area contributed by atoms with E-state index in [4.69, 9.17) is 11.5 Å². The summed E-state index contributed by atoms with van der Waals surface area (Å²) in [5.74, 6) is 0. The molecule has 60 valence electrons. The van der Waals surface area contributed by atoms with Crippen molar-refractivity contribution in [1.82, 2.24) is 0 Å². The minimum Gasteiger partial charge on any atom is -0.396 e. The maximum Gasteiger partial charge on any atom is 0.0715 e. The standard InChI is InChI=1S/C6H5Br3N2/c7-2-1-3(8)5(10)6(11)4(2)9/h1H,10-11H2. The fraction of sp³-hybridized carbons (Fsp3) is 0. The topological polar surface area (TPSA) is 52.0 Å². The molecule has 0 aromatic heterocycles. The zero-order valence-electron chi connectivity index (χ0n) is 5.37. The van der Waals surface area contributed by atoms with Crippen molar-refractivity contribution in [2.75, 3.05) is 11.5 Å². The monoisotopic (exact) mass is 342 g/mol. The summed E-state index contributed by atoms with van der Waals surface area (Å²) in [4.78, 5) is 0. The summed E-state index contributed by atoms with van der Waals surface area (Å²) >= 11 is 9.89. The lowest BCUT2D eigenvalue weighted by molar-refractivity contribution is 1.54. The molecule has 0 amide bonds. The largest absolute Gasteiger partial charge is 0.396 e. The quantitative estimate of drug-likeness (QED) is 0.561. The van der Waals surface area contributed by atoms with Gasteiger partial charge in [-0.1, -0.05) is 0 Å². The van der Waals surface area contributed by atoms with E-state index in [0.717, 1.165) is 13.4 Å². The van der Waals surface area contributed by atoms with E-state index < -0.39 is 0 Å². The highest BCUT2D eigenvalue weighted by atomic mass is 79.9. The summed E-state index contributed by atoms with van der Waals surface area (Å²) in [5.41, 5.74) is 12.4. The number of benzene rings is 1. The Morgan fingerprint density at radius 3 is 2.00 bits per heavy atom. The second-order valence-electron chi connectivity index (χ2n) is 1.98. The van der Waals surface area contributed by atoms with Crippen LogP contribution in [0.3, 0.4) is 0 Å². The van der Waals surface area contributed by atoms with E-state index in [2.05, 4.69) is 47.8 Å². The third kappa shape index (κ3) is 1.71. The Kier molecular flexibility index (Phi) is 2.83. The van der Waals surface area contributed by atoms with E-state index in [1.165, 1.54) is 0 Å². The number of nitrogens with two attached hydrogens (primary N) is 2. The lowest BCUT2D eigenvalue weighted by Crippen LogP contribution is -1.96. The van der Waals surface area contributed by atoms with Crippen LogP contribution in [0.1, 0.15) is 0 Å². The van der Waals surface area contributed by atoms with Crippen molar-refractivity contribution in [2.24, 2.45) is 0 Å². The van der Waals surface area contributed by atoms with Gasteiger partial charge in [-0.25, -0.2) is 0 Å². The second-order valence-corrected chi connectivity index (χ2v) is 4.48. The van der Waals surface area contributed by atoms with Crippen LogP contribution in [-0.2, 0) is 0 Å². The Morgan fingerprint density at radius 1 is 0.909 bits per heavy atom. The molecule has 1 aromatic carbocycles. The second kappa shape index (κ2) is 3.33. The van der Waals surface area contributed by atoms with Crippen LogP contribution in [0, 0.1) is 0 Å². The van der Waals surface area contributed by atoms with Crippen LogP contribution in [0.4, 0.5) is 11.4 Å². The molecule has 0 atom stereocenters. The average molecular weight is 345 g/mol. The van der Waals surface area contributed by atoms with Gasteiger partial charge in [-0.05, 0) is 53.9 Å². The lowest BCUT2D eigenvalue weighted by Gasteiger charge is -2.06. The number of nitrogen functional groups attached to an aromatic ring is 2. The molecule has 4 N–H and O–H groups in total. The molecule has 0 saturated heterocycles. The molecule has 0 saturated carbocycles. The molecule has 0 spiro atoms. The van der Waals surface area contributed by atoms with Gasteiger partial charge in [0.05, 0.1) is 15.8 Å². The molecule has 0 aliphatic heterocycles. The highest BCUT2D eigenvalue weighted by Gasteiger charge is 2.07. The lowest BCUT2D eigenvalue weighted by atomic mass is 10.3. The number of halogens is 3. The van der Waals surface area contributed by atoms with Crippen molar-refractivity contribution >= 4 is 59.2 Å². The van der Waals surface area contributed by atoms with Crippen molar-refractivity contribution in [2.45, 2.75) is 0 Å². The van der Waals surface area contributed by atoms with Crippen molar-refractivity contribution < 1.29 is 0 Å². The molecule has 1 aromatic rings. The van der Waals surface area contributed by atoms with Gasteiger partial charge in [-0.3, -0.25) is 0 Å². The van der Waals surface area contributed by atoms with Crippen LogP contribution in [0.25, 0.3) is 0 Å². The Labute approximate surface area is 89.7 Å². The number of hydrogen-bond acceptors (Lipinski definition) is 2. The molecule has 11 heavy (non-hydrogen) atoms. The van der Waals surface area contributed by atoms with Crippen LogP contribution >= 0.6 is 47.8 Å². The third-order valence-electron chi connectivity index (χ3n) is 1.25. The van der Waals surface area contributed by atoms with Crippen LogP contribution in [0.5, 0.6) is 0 Å². The van der Waals surface area contributed by atoms with E-state index in [1.54, 1.807) is 0 Å². The zero-order chi connectivity index (χ0) is 8.59. The Hall–Kier alpha value is 0.260. The van der Waals surface area contributed by atoms with E-state index in [-0.39, 0.29) is 0 Å². The van der Waals surface area contributed by atoms with E-state index in [9.17, 15) is 0 Å². The zero-order valence-corrected chi connectivity index (χ0v) is 10.1. The maximum absolute atomic E-state index is 5.65. The number of rotatable bonds is 0. The molecule has 0 radical (unpaired) electrons. The van der Waals surface area contributed by atoms with Crippen molar-refractivity contribution in [3.05, 3.63) is 19.5 Å². The van der Waals surface area contributed by atoms with E-state index >= 15 is 0 Å². The van der Waals surface area contributed by atoms with Gasteiger partial charge in [0.15, 0.2) is 0 Å². The van der Waals surface area contributed by atoms with Gasteiger partial charge in [-0.15, -0.1) is 0 Å². The smallest absolute Gasteiger partial charge is 0.0715 e. The number of hydrogen-bond donors (Lipinski definition) is 2. The fourth-order valence-corrected chi connectivity index (χ4v) is 2.15. The minimum absolute atomic E-state index is 0.547. The predicted octanol–water partition coefficient (Wildman–Crippen LogP) is 3.14. The Bertz CT molecular complexity index is 272. The normalized spacial score (nSPS) is 10.1. The molecule has 0 fully saturated rings. The molecule has 1 rings (SSSR count). The summed E-state index contributed by atoms with van der Waals surface area (Å²) in [6, 6.07) is 1.84. The fourth-order valence-electron chi connectivity index (χ4n) is 0.628. The highest BCUT2D eigenvalue weighted by Crippen LogP contribution is 2.37. The first-order chi connectivity index (χ1) is 5.04. The van der Waals surface area contributed by atoms with E-state index in [1.807, 2.05) is 6.07 Å². The van der Waals surface area contributed by atoms with Gasteiger partial charge in [-0.2, -0.15) is 0 Å². The highest BCUT2D eigenvalue weighted by molar-refractivity contribution is 9.13. The first kappa shape index (κ1) is 9.35. The third-order valence-corrected chi connectivity index (χ3v) is 3.91.